The van der Waals surface area contributed by atoms with Gasteiger partial charge in [0.2, 0.25) is 0 Å². The molecule has 14 aromatic carbocycles. The molecule has 0 bridgehead atoms. The van der Waals surface area contributed by atoms with Crippen LogP contribution in [0.2, 0.25) is 0 Å². The molecule has 0 spiro atoms. The number of fused-ring (bicyclic) bond motifs is 12. The molecule has 0 N–H and O–H groups in total. The summed E-state index contributed by atoms with van der Waals surface area (Å²) in [7, 11) is 0. The van der Waals surface area contributed by atoms with E-state index in [1.54, 1.807) is 0 Å². The van der Waals surface area contributed by atoms with E-state index in [-0.39, 0.29) is 0 Å². The van der Waals surface area contributed by atoms with Crippen molar-refractivity contribution in [3.8, 4) is 95.8 Å². The van der Waals surface area contributed by atoms with Gasteiger partial charge in [-0.2, -0.15) is 5.26 Å². The maximum Gasteiger partial charge on any atom is 0.100 e. The summed E-state index contributed by atoms with van der Waals surface area (Å²) < 4.78 is 9.49. The van der Waals surface area contributed by atoms with Gasteiger partial charge in [0.25, 0.3) is 0 Å². The molecule has 5 aromatic heterocycles. The zero-order valence-corrected chi connectivity index (χ0v) is 52.0. The van der Waals surface area contributed by atoms with Crippen molar-refractivity contribution in [2.75, 3.05) is 0 Å². The second-order valence-electron chi connectivity index (χ2n) is 24.8. The Labute approximate surface area is 553 Å². The monoisotopic (exact) mass is 1220 g/mol. The molecule has 0 radical (unpaired) electrons. The van der Waals surface area contributed by atoms with Gasteiger partial charge in [-0.25, -0.2) is 4.98 Å². The lowest BCUT2D eigenvalue weighted by Crippen LogP contribution is -2.04. The van der Waals surface area contributed by atoms with Gasteiger partial charge < -0.3 is 18.3 Å². The Kier molecular flexibility index (Phi) is 12.6. The van der Waals surface area contributed by atoms with Crippen molar-refractivity contribution in [3.63, 3.8) is 0 Å². The minimum Gasteiger partial charge on any atom is -0.309 e. The van der Waals surface area contributed by atoms with Crippen LogP contribution in [0.15, 0.2) is 340 Å². The van der Waals surface area contributed by atoms with Crippen molar-refractivity contribution >= 4 is 87.2 Å². The van der Waals surface area contributed by atoms with E-state index in [0.29, 0.717) is 5.56 Å². The predicted octanol–water partition coefficient (Wildman–Crippen LogP) is 23.3. The Bertz CT molecular complexity index is 6370. The van der Waals surface area contributed by atoms with Gasteiger partial charge in [0.05, 0.1) is 61.1 Å². The second kappa shape index (κ2) is 22.1. The summed E-state index contributed by atoms with van der Waals surface area (Å²) in [5, 5.41) is 21.8. The highest BCUT2D eigenvalue weighted by molar-refractivity contribution is 6.19. The minimum absolute atomic E-state index is 0.543. The molecule has 0 unspecified atom stereocenters. The van der Waals surface area contributed by atoms with Gasteiger partial charge in [-0.05, 0) is 161 Å². The first-order valence-corrected chi connectivity index (χ1v) is 32.7. The first-order chi connectivity index (χ1) is 47.6. The van der Waals surface area contributed by atoms with Crippen LogP contribution in [0, 0.1) is 11.3 Å². The van der Waals surface area contributed by atoms with Gasteiger partial charge in [0.15, 0.2) is 0 Å². The summed E-state index contributed by atoms with van der Waals surface area (Å²) >= 11 is 0. The van der Waals surface area contributed by atoms with E-state index in [0.717, 1.165) is 177 Å². The average molecular weight is 1220 g/mol. The fraction of sp³-hybridized carbons (Fsp3) is 0. The number of para-hydroxylation sites is 8. The number of nitrogens with zero attached hydrogens (tertiary/aromatic N) is 6. The van der Waals surface area contributed by atoms with Crippen LogP contribution >= 0.6 is 0 Å². The fourth-order valence-electron chi connectivity index (χ4n) is 15.6. The predicted molar refractivity (Wildman–Crippen MR) is 399 cm³/mol. The summed E-state index contributed by atoms with van der Waals surface area (Å²) in [6.45, 7) is 0. The van der Waals surface area contributed by atoms with Gasteiger partial charge >= 0.3 is 0 Å². The van der Waals surface area contributed by atoms with E-state index in [9.17, 15) is 5.26 Å². The molecule has 5 heterocycles. The lowest BCUT2D eigenvalue weighted by molar-refractivity contribution is 1.18. The van der Waals surface area contributed by atoms with Gasteiger partial charge in [0.1, 0.15) is 6.07 Å². The van der Waals surface area contributed by atoms with Gasteiger partial charge in [-0.15, -0.1) is 0 Å². The number of hydrogen-bond donors (Lipinski definition) is 0. The van der Waals surface area contributed by atoms with Gasteiger partial charge in [-0.1, -0.05) is 206 Å². The summed E-state index contributed by atoms with van der Waals surface area (Å²) in [5.41, 5.74) is 24.3. The first-order valence-electron chi connectivity index (χ1n) is 32.7. The number of pyridine rings is 1. The molecule has 0 saturated carbocycles. The second-order valence-corrected chi connectivity index (χ2v) is 24.8. The third-order valence-electron chi connectivity index (χ3n) is 19.6. The number of aromatic nitrogens is 5. The molecule has 0 aliphatic heterocycles. The molecule has 19 rings (SSSR count). The fourth-order valence-corrected chi connectivity index (χ4v) is 15.6. The molecule has 0 fully saturated rings. The Balaban J connectivity index is 1.02. The highest BCUT2D eigenvalue weighted by Gasteiger charge is 2.32. The number of rotatable bonds is 10. The van der Waals surface area contributed by atoms with Gasteiger partial charge in [0, 0.05) is 93.7 Å². The van der Waals surface area contributed by atoms with Crippen LogP contribution in [0.3, 0.4) is 0 Å². The Morgan fingerprint density at radius 1 is 0.208 bits per heavy atom. The van der Waals surface area contributed by atoms with Crippen LogP contribution in [0.5, 0.6) is 0 Å². The molecule has 446 valence electrons. The molecule has 0 saturated heterocycles. The van der Waals surface area contributed by atoms with Crippen LogP contribution in [-0.2, 0) is 0 Å². The highest BCUT2D eigenvalue weighted by Crippen LogP contribution is 2.55. The molecule has 0 aliphatic carbocycles. The molecular weight excluding hydrogens is 1170 g/mol. The van der Waals surface area contributed by atoms with Crippen LogP contribution in [0.4, 0.5) is 0 Å². The zero-order chi connectivity index (χ0) is 63.4. The highest BCUT2D eigenvalue weighted by atomic mass is 15.0. The SMILES string of the molecule is N#Cc1c(-c2ccc3c(c2)c2ccccc2n3-c2ccccc2)c(-c2ccc3c(c2)c2ccccc2n3-c2ccccc2)c(-c2ccc3c(c2)c2ccccc2n3-c2ccccc2)c(-c2cccc(-c3ccccc3)n2)c1-c1ccc2c(c1)c1ccccc1n2-c1ccccc1. The van der Waals surface area contributed by atoms with E-state index in [2.05, 4.69) is 364 Å². The van der Waals surface area contributed by atoms with E-state index in [1.165, 1.54) is 0 Å². The standard InChI is InChI=1S/C90H56N6/c91-57-75-86(59-45-49-82-71(53-59)67-35-16-20-41-78(67)93(82)63-27-8-2-9-28-63)88(61-47-51-84-73(55-61)69-37-18-22-43-80(69)95(84)65-31-12-4-13-32-65)89(62-48-52-85-74(56-62)70-38-19-23-44-81(70)96(85)66-33-14-5-15-34-66)90(77-40-24-39-76(92-77)58-25-6-1-7-26-58)87(75)60-46-50-83-72(54-60)68-36-17-21-42-79(68)94(83)64-29-10-3-11-30-64/h1-56H. The van der Waals surface area contributed by atoms with Crippen LogP contribution in [0.25, 0.3) is 177 Å². The average Bonchev–Trinajstić information content (AvgIpc) is 0.868. The lowest BCUT2D eigenvalue weighted by Gasteiger charge is -2.26. The zero-order valence-electron chi connectivity index (χ0n) is 52.0. The molecule has 6 heteroatoms. The first kappa shape index (κ1) is 54.6. The topological polar surface area (TPSA) is 56.4 Å². The summed E-state index contributed by atoms with van der Waals surface area (Å²) in [6.07, 6.45) is 0. The molecular formula is C90H56N6. The van der Waals surface area contributed by atoms with Crippen molar-refractivity contribution < 1.29 is 0 Å². The van der Waals surface area contributed by atoms with E-state index >= 15 is 0 Å². The smallest absolute Gasteiger partial charge is 0.100 e. The molecule has 19 aromatic rings. The Morgan fingerprint density at radius 2 is 0.479 bits per heavy atom. The van der Waals surface area contributed by atoms with Crippen LogP contribution in [-0.4, -0.2) is 23.3 Å². The van der Waals surface area contributed by atoms with E-state index in [4.69, 9.17) is 4.98 Å². The largest absolute Gasteiger partial charge is 0.309 e. The summed E-state index contributed by atoms with van der Waals surface area (Å²) in [6, 6.07) is 125. The van der Waals surface area contributed by atoms with Crippen molar-refractivity contribution in [2.45, 2.75) is 0 Å². The molecule has 6 nitrogen and oxygen atoms in total. The van der Waals surface area contributed by atoms with Gasteiger partial charge in [-0.3, -0.25) is 0 Å². The third kappa shape index (κ3) is 8.48. The van der Waals surface area contributed by atoms with Crippen molar-refractivity contribution in [3.05, 3.63) is 345 Å². The summed E-state index contributed by atoms with van der Waals surface area (Å²) in [5.74, 6) is 0. The Morgan fingerprint density at radius 3 is 0.823 bits per heavy atom. The van der Waals surface area contributed by atoms with E-state index < -0.39 is 0 Å². The number of nitriles is 1. The number of benzene rings is 14. The molecule has 0 amide bonds. The normalized spacial score (nSPS) is 11.7. The van der Waals surface area contributed by atoms with E-state index in [1.807, 2.05) is 0 Å². The molecule has 96 heavy (non-hydrogen) atoms. The maximum atomic E-state index is 13.0. The third-order valence-corrected chi connectivity index (χ3v) is 19.6. The maximum absolute atomic E-state index is 13.0. The van der Waals surface area contributed by atoms with Crippen molar-refractivity contribution in [2.24, 2.45) is 0 Å². The van der Waals surface area contributed by atoms with Crippen molar-refractivity contribution in [1.29, 1.82) is 5.26 Å². The lowest BCUT2D eigenvalue weighted by atomic mass is 9.76. The van der Waals surface area contributed by atoms with Crippen LogP contribution in [0.1, 0.15) is 5.56 Å². The quantitative estimate of drug-likeness (QED) is 0.137. The number of hydrogen-bond acceptors (Lipinski definition) is 2. The molecule has 0 atom stereocenters. The molecule has 0 aliphatic rings. The van der Waals surface area contributed by atoms with Crippen LogP contribution < -0.4 is 0 Å². The van der Waals surface area contributed by atoms with Crippen molar-refractivity contribution in [1.82, 2.24) is 23.3 Å². The minimum atomic E-state index is 0.543. The Hall–Kier alpha value is -13.1. The summed E-state index contributed by atoms with van der Waals surface area (Å²) in [4.78, 5) is 5.82.